The zero-order chi connectivity index (χ0) is 22.0. The molecule has 0 atom stereocenters. The van der Waals surface area contributed by atoms with E-state index in [1.807, 2.05) is 18.2 Å². The molecule has 1 aromatic carbocycles. The number of ether oxygens (including phenoxy) is 1. The summed E-state index contributed by atoms with van der Waals surface area (Å²) in [4.78, 5) is 25.2. The van der Waals surface area contributed by atoms with E-state index in [2.05, 4.69) is 40.0 Å². The second kappa shape index (κ2) is 8.29. The Hall–Kier alpha value is -3.55. The second-order valence-electron chi connectivity index (χ2n) is 8.52. The van der Waals surface area contributed by atoms with E-state index >= 15 is 0 Å². The van der Waals surface area contributed by atoms with Crippen LogP contribution < -0.4 is 16.0 Å². The monoisotopic (exact) mass is 418 g/mol. The van der Waals surface area contributed by atoms with Crippen molar-refractivity contribution in [1.29, 1.82) is 0 Å². The molecular weight excluding hydrogens is 392 g/mol. The van der Waals surface area contributed by atoms with E-state index in [1.54, 1.807) is 13.3 Å². The molecule has 0 amide bonds. The van der Waals surface area contributed by atoms with Gasteiger partial charge in [0.05, 0.1) is 18.3 Å². The largest absolute Gasteiger partial charge is 0.494 e. The predicted octanol–water partition coefficient (Wildman–Crippen LogP) is 3.48. The first kappa shape index (κ1) is 20.7. The number of methoxy groups -OCH3 is 1. The number of allylic oxidation sites excluding steroid dienone is 2. The van der Waals surface area contributed by atoms with Crippen molar-refractivity contribution < 1.29 is 4.74 Å². The number of aliphatic imine (C=N–C) groups is 1. The van der Waals surface area contributed by atoms with E-state index < -0.39 is 0 Å². The first-order valence-electron chi connectivity index (χ1n) is 10.2. The maximum Gasteiger partial charge on any atom is 0.270 e. The van der Waals surface area contributed by atoms with Crippen molar-refractivity contribution in [3.05, 3.63) is 58.9 Å². The highest BCUT2D eigenvalue weighted by atomic mass is 16.5. The van der Waals surface area contributed by atoms with Crippen LogP contribution in [0.1, 0.15) is 38.8 Å². The first-order valence-corrected chi connectivity index (χ1v) is 10.2. The lowest BCUT2D eigenvalue weighted by atomic mass is 9.78. The third kappa shape index (κ3) is 4.63. The minimum atomic E-state index is -0.290. The Balaban J connectivity index is 1.63. The molecule has 0 aliphatic heterocycles. The van der Waals surface area contributed by atoms with Crippen molar-refractivity contribution in [2.75, 3.05) is 7.11 Å². The molecule has 0 saturated heterocycles. The van der Waals surface area contributed by atoms with Gasteiger partial charge < -0.3 is 10.5 Å². The summed E-state index contributed by atoms with van der Waals surface area (Å²) in [5.41, 5.74) is 9.35. The predicted molar refractivity (Wildman–Crippen MR) is 121 cm³/mol. The van der Waals surface area contributed by atoms with Crippen molar-refractivity contribution in [1.82, 2.24) is 19.7 Å². The Morgan fingerprint density at radius 2 is 2.16 bits per heavy atom. The molecule has 2 N–H and O–H groups in total. The van der Waals surface area contributed by atoms with Gasteiger partial charge in [0.2, 0.25) is 0 Å². The number of hydrogen-bond acceptors (Lipinski definition) is 6. The third-order valence-electron chi connectivity index (χ3n) is 5.53. The van der Waals surface area contributed by atoms with Gasteiger partial charge in [-0.2, -0.15) is 5.10 Å². The van der Waals surface area contributed by atoms with Crippen LogP contribution in [-0.2, 0) is 6.54 Å². The SMILES string of the molecule is COc1cc(=O)n(CC(N)=Nc2ccc3cncnc3c2)nc1C1=CCC(C)(C)CC1. The summed E-state index contributed by atoms with van der Waals surface area (Å²) in [6.07, 6.45) is 8.32. The molecule has 160 valence electrons. The lowest BCUT2D eigenvalue weighted by Gasteiger charge is -2.28. The van der Waals surface area contributed by atoms with Crippen LogP contribution in [0.5, 0.6) is 5.75 Å². The maximum atomic E-state index is 12.6. The minimum absolute atomic E-state index is 0.0798. The standard InChI is InChI=1S/C23H26N6O2/c1-23(2)8-6-15(7-9-23)22-19(31-3)11-21(30)29(28-22)13-20(24)27-17-5-4-16-12-25-14-26-18(16)10-17/h4-6,10-12,14H,7-9,13H2,1-3H3,(H2,24,27). The normalized spacial score (nSPS) is 16.2. The summed E-state index contributed by atoms with van der Waals surface area (Å²) < 4.78 is 6.77. The number of benzene rings is 1. The van der Waals surface area contributed by atoms with Gasteiger partial charge in [-0.1, -0.05) is 19.9 Å². The smallest absolute Gasteiger partial charge is 0.270 e. The molecule has 0 radical (unpaired) electrons. The van der Waals surface area contributed by atoms with Crippen LogP contribution in [0.4, 0.5) is 5.69 Å². The van der Waals surface area contributed by atoms with Crippen molar-refractivity contribution >= 4 is 28.0 Å². The fourth-order valence-corrected chi connectivity index (χ4v) is 3.64. The van der Waals surface area contributed by atoms with Crippen LogP contribution in [-0.4, -0.2) is 32.7 Å². The second-order valence-corrected chi connectivity index (χ2v) is 8.52. The van der Waals surface area contributed by atoms with Crippen molar-refractivity contribution in [2.24, 2.45) is 16.1 Å². The van der Waals surface area contributed by atoms with Gasteiger partial charge in [-0.3, -0.25) is 4.79 Å². The van der Waals surface area contributed by atoms with Crippen LogP contribution >= 0.6 is 0 Å². The Morgan fingerprint density at radius 3 is 2.90 bits per heavy atom. The van der Waals surface area contributed by atoms with Crippen LogP contribution in [0, 0.1) is 5.41 Å². The molecule has 2 aromatic heterocycles. The van der Waals surface area contributed by atoms with E-state index in [4.69, 9.17) is 10.5 Å². The number of nitrogens with zero attached hydrogens (tertiary/aromatic N) is 5. The van der Waals surface area contributed by atoms with Crippen LogP contribution in [0.3, 0.4) is 0 Å². The minimum Gasteiger partial charge on any atom is -0.494 e. The summed E-state index contributed by atoms with van der Waals surface area (Å²) in [5, 5.41) is 5.49. The van der Waals surface area contributed by atoms with E-state index in [-0.39, 0.29) is 23.4 Å². The summed E-state index contributed by atoms with van der Waals surface area (Å²) in [7, 11) is 1.55. The number of amidine groups is 1. The Bertz CT molecular complexity index is 1240. The number of nitrogens with two attached hydrogens (primary N) is 1. The van der Waals surface area contributed by atoms with Crippen molar-refractivity contribution in [3.63, 3.8) is 0 Å². The van der Waals surface area contributed by atoms with Gasteiger partial charge in [-0.05, 0) is 48.4 Å². The molecule has 0 unspecified atom stereocenters. The molecule has 0 spiro atoms. The average Bonchev–Trinajstić information content (AvgIpc) is 2.75. The van der Waals surface area contributed by atoms with Crippen molar-refractivity contribution in [2.45, 2.75) is 39.7 Å². The van der Waals surface area contributed by atoms with Crippen LogP contribution in [0.15, 0.2) is 52.7 Å². The molecule has 1 aliphatic carbocycles. The zero-order valence-corrected chi connectivity index (χ0v) is 18.0. The molecule has 0 saturated carbocycles. The van der Waals surface area contributed by atoms with Gasteiger partial charge in [-0.15, -0.1) is 0 Å². The molecule has 8 nitrogen and oxygen atoms in total. The molecule has 31 heavy (non-hydrogen) atoms. The van der Waals surface area contributed by atoms with Gasteiger partial charge in [0.1, 0.15) is 24.4 Å². The fraction of sp³-hybridized carbons (Fsp3) is 0.348. The van der Waals surface area contributed by atoms with E-state index in [0.717, 1.165) is 35.7 Å². The van der Waals surface area contributed by atoms with Gasteiger partial charge in [-0.25, -0.2) is 19.6 Å². The summed E-state index contributed by atoms with van der Waals surface area (Å²) in [5.74, 6) is 0.759. The van der Waals surface area contributed by atoms with Crippen molar-refractivity contribution in [3.8, 4) is 5.75 Å². The topological polar surface area (TPSA) is 108 Å². The number of hydrogen-bond donors (Lipinski definition) is 1. The molecule has 2 heterocycles. The van der Waals surface area contributed by atoms with E-state index in [9.17, 15) is 4.79 Å². The zero-order valence-electron chi connectivity index (χ0n) is 18.0. The molecule has 4 rings (SSSR count). The maximum absolute atomic E-state index is 12.6. The molecule has 3 aromatic rings. The van der Waals surface area contributed by atoms with Crippen LogP contribution in [0.25, 0.3) is 16.5 Å². The molecule has 0 fully saturated rings. The molecular formula is C23H26N6O2. The van der Waals surface area contributed by atoms with Gasteiger partial charge >= 0.3 is 0 Å². The molecule has 1 aliphatic rings. The summed E-state index contributed by atoms with van der Waals surface area (Å²) in [6.45, 7) is 4.58. The molecule has 0 bridgehead atoms. The van der Waals surface area contributed by atoms with E-state index in [1.165, 1.54) is 17.1 Å². The number of fused-ring (bicyclic) bond motifs is 1. The molecule has 8 heteroatoms. The fourth-order valence-electron chi connectivity index (χ4n) is 3.64. The van der Waals surface area contributed by atoms with Gasteiger partial charge in [0, 0.05) is 17.6 Å². The highest BCUT2D eigenvalue weighted by Crippen LogP contribution is 2.39. The Kier molecular flexibility index (Phi) is 5.54. The summed E-state index contributed by atoms with van der Waals surface area (Å²) in [6, 6.07) is 7.01. The lowest BCUT2D eigenvalue weighted by molar-refractivity contribution is 0.333. The van der Waals surface area contributed by atoms with E-state index in [0.29, 0.717) is 17.1 Å². The van der Waals surface area contributed by atoms with Gasteiger partial charge in [0.15, 0.2) is 5.75 Å². The first-order chi connectivity index (χ1) is 14.8. The third-order valence-corrected chi connectivity index (χ3v) is 5.53. The number of rotatable bonds is 5. The lowest BCUT2D eigenvalue weighted by Crippen LogP contribution is -2.31. The van der Waals surface area contributed by atoms with Crippen LogP contribution in [0.2, 0.25) is 0 Å². The highest BCUT2D eigenvalue weighted by molar-refractivity contribution is 5.86. The number of aromatic nitrogens is 4. The van der Waals surface area contributed by atoms with Gasteiger partial charge in [0.25, 0.3) is 5.56 Å². The highest BCUT2D eigenvalue weighted by Gasteiger charge is 2.24. The average molecular weight is 419 g/mol. The summed E-state index contributed by atoms with van der Waals surface area (Å²) >= 11 is 0. The Labute approximate surface area is 180 Å². The quantitative estimate of drug-likeness (QED) is 0.502. The Morgan fingerprint density at radius 1 is 1.32 bits per heavy atom.